The minimum atomic E-state index is -0.194. The minimum absolute atomic E-state index is 0.194. The average Bonchev–Trinajstić information content (AvgIpc) is 2.48. The molecular weight excluding hydrogens is 248 g/mol. The molecule has 0 unspecified atom stereocenters. The molecule has 0 saturated heterocycles. The zero-order valence-corrected chi connectivity index (χ0v) is 12.5. The Labute approximate surface area is 120 Å². The zero-order valence-electron chi connectivity index (χ0n) is 12.5. The summed E-state index contributed by atoms with van der Waals surface area (Å²) in [5, 5.41) is 0. The fourth-order valence-corrected chi connectivity index (χ4v) is 2.27. The molecule has 2 heteroatoms. The third-order valence-electron chi connectivity index (χ3n) is 3.63. The Morgan fingerprint density at radius 3 is 2.30 bits per heavy atom. The monoisotopic (exact) mass is 268 g/mol. The normalized spacial score (nSPS) is 10.4. The lowest BCUT2D eigenvalue weighted by Gasteiger charge is -2.16. The minimum Gasteiger partial charge on any atom is -0.426 e. The molecule has 20 heavy (non-hydrogen) atoms. The molecule has 0 spiro atoms. The first kappa shape index (κ1) is 14.3. The molecule has 0 bridgehead atoms. The summed E-state index contributed by atoms with van der Waals surface area (Å²) >= 11 is 0. The van der Waals surface area contributed by atoms with Crippen molar-refractivity contribution in [1.82, 2.24) is 0 Å². The van der Waals surface area contributed by atoms with Gasteiger partial charge in [0.05, 0.1) is 0 Å². The van der Waals surface area contributed by atoms with E-state index in [0.717, 1.165) is 27.8 Å². The first-order valence-corrected chi connectivity index (χ1v) is 6.91. The van der Waals surface area contributed by atoms with Crippen molar-refractivity contribution >= 4 is 5.97 Å². The molecule has 0 fully saturated rings. The van der Waals surface area contributed by atoms with E-state index in [9.17, 15) is 4.79 Å². The van der Waals surface area contributed by atoms with Crippen LogP contribution >= 0.6 is 0 Å². The third-order valence-corrected chi connectivity index (χ3v) is 3.63. The Morgan fingerprint density at radius 2 is 1.70 bits per heavy atom. The van der Waals surface area contributed by atoms with Crippen molar-refractivity contribution in [2.24, 2.45) is 0 Å². The van der Waals surface area contributed by atoms with Gasteiger partial charge in [0.25, 0.3) is 0 Å². The smallest absolute Gasteiger partial charge is 0.310 e. The number of aryl methyl sites for hydroxylation is 1. The van der Waals surface area contributed by atoms with Crippen molar-refractivity contribution in [3.63, 3.8) is 0 Å². The van der Waals surface area contributed by atoms with E-state index in [0.29, 0.717) is 12.2 Å². The number of esters is 1. The van der Waals surface area contributed by atoms with Crippen LogP contribution in [0.4, 0.5) is 0 Å². The van der Waals surface area contributed by atoms with Crippen molar-refractivity contribution in [2.75, 3.05) is 0 Å². The standard InChI is InChI=1S/C18H20O2/c1-5-17(19)20-18-13(3)12(2)11-16(14(18)4)15-9-7-6-8-10-15/h6-11H,5H2,1-4H3. The summed E-state index contributed by atoms with van der Waals surface area (Å²) in [5.74, 6) is 0.511. The van der Waals surface area contributed by atoms with Gasteiger partial charge in [-0.15, -0.1) is 0 Å². The highest BCUT2D eigenvalue weighted by Crippen LogP contribution is 2.35. The van der Waals surface area contributed by atoms with Gasteiger partial charge in [-0.25, -0.2) is 0 Å². The van der Waals surface area contributed by atoms with Gasteiger partial charge in [-0.05, 0) is 48.6 Å². The van der Waals surface area contributed by atoms with Gasteiger partial charge >= 0.3 is 5.97 Å². The lowest BCUT2D eigenvalue weighted by molar-refractivity contribution is -0.134. The van der Waals surface area contributed by atoms with Crippen molar-refractivity contribution in [3.8, 4) is 16.9 Å². The topological polar surface area (TPSA) is 26.3 Å². The second-order valence-electron chi connectivity index (χ2n) is 5.01. The van der Waals surface area contributed by atoms with Crippen LogP contribution in [0.3, 0.4) is 0 Å². The van der Waals surface area contributed by atoms with Crippen LogP contribution in [-0.4, -0.2) is 5.97 Å². The quantitative estimate of drug-likeness (QED) is 0.601. The Bertz CT molecular complexity index is 628. The van der Waals surface area contributed by atoms with Crippen LogP contribution < -0.4 is 4.74 Å². The first-order chi connectivity index (χ1) is 9.54. The van der Waals surface area contributed by atoms with Crippen LogP contribution in [0.5, 0.6) is 5.75 Å². The summed E-state index contributed by atoms with van der Waals surface area (Å²) in [7, 11) is 0. The van der Waals surface area contributed by atoms with Crippen molar-refractivity contribution in [3.05, 3.63) is 53.1 Å². The SMILES string of the molecule is CCC(=O)Oc1c(C)c(C)cc(-c2ccccc2)c1C. The molecule has 0 aliphatic rings. The number of carbonyl (C=O) groups is 1. The van der Waals surface area contributed by atoms with Crippen molar-refractivity contribution in [2.45, 2.75) is 34.1 Å². The second kappa shape index (κ2) is 5.91. The number of hydrogen-bond acceptors (Lipinski definition) is 2. The highest BCUT2D eigenvalue weighted by Gasteiger charge is 2.15. The Hall–Kier alpha value is -2.09. The maximum atomic E-state index is 11.6. The molecular formula is C18H20O2. The van der Waals surface area contributed by atoms with Crippen LogP contribution in [0, 0.1) is 20.8 Å². The molecule has 0 atom stereocenters. The molecule has 2 rings (SSSR count). The van der Waals surface area contributed by atoms with Gasteiger partial charge in [-0.3, -0.25) is 4.79 Å². The molecule has 2 aromatic rings. The summed E-state index contributed by atoms with van der Waals surface area (Å²) in [5.41, 5.74) is 5.44. The van der Waals surface area contributed by atoms with Gasteiger partial charge in [0.15, 0.2) is 0 Å². The molecule has 104 valence electrons. The van der Waals surface area contributed by atoms with E-state index in [1.54, 1.807) is 6.92 Å². The summed E-state index contributed by atoms with van der Waals surface area (Å²) in [6.45, 7) is 7.85. The predicted molar refractivity (Wildman–Crippen MR) is 82.0 cm³/mol. The van der Waals surface area contributed by atoms with E-state index in [1.165, 1.54) is 0 Å². The molecule has 0 aromatic heterocycles. The van der Waals surface area contributed by atoms with Crippen molar-refractivity contribution in [1.29, 1.82) is 0 Å². The maximum absolute atomic E-state index is 11.6. The van der Waals surface area contributed by atoms with E-state index >= 15 is 0 Å². The van der Waals surface area contributed by atoms with Gasteiger partial charge < -0.3 is 4.74 Å². The highest BCUT2D eigenvalue weighted by atomic mass is 16.5. The second-order valence-corrected chi connectivity index (χ2v) is 5.01. The van der Waals surface area contributed by atoms with E-state index in [-0.39, 0.29) is 5.97 Å². The molecule has 0 aliphatic heterocycles. The summed E-state index contributed by atoms with van der Waals surface area (Å²) in [4.78, 5) is 11.6. The first-order valence-electron chi connectivity index (χ1n) is 6.91. The third kappa shape index (κ3) is 2.74. The Balaban J connectivity index is 2.58. The van der Waals surface area contributed by atoms with E-state index in [1.807, 2.05) is 39.0 Å². The summed E-state index contributed by atoms with van der Waals surface area (Å²) in [6.07, 6.45) is 0.382. The number of rotatable bonds is 3. The predicted octanol–water partition coefficient (Wildman–Crippen LogP) is 4.59. The van der Waals surface area contributed by atoms with Crippen LogP contribution in [0.15, 0.2) is 36.4 Å². The lowest BCUT2D eigenvalue weighted by atomic mass is 9.94. The molecule has 0 amide bonds. The lowest BCUT2D eigenvalue weighted by Crippen LogP contribution is -2.09. The van der Waals surface area contributed by atoms with Crippen LogP contribution in [0.25, 0.3) is 11.1 Å². The van der Waals surface area contributed by atoms with E-state index < -0.39 is 0 Å². The highest BCUT2D eigenvalue weighted by molar-refractivity contribution is 5.77. The van der Waals surface area contributed by atoms with E-state index in [2.05, 4.69) is 18.2 Å². The fourth-order valence-electron chi connectivity index (χ4n) is 2.27. The number of benzene rings is 2. The van der Waals surface area contributed by atoms with Gasteiger partial charge in [-0.1, -0.05) is 43.3 Å². The Morgan fingerprint density at radius 1 is 1.05 bits per heavy atom. The summed E-state index contributed by atoms with van der Waals surface area (Å²) < 4.78 is 5.53. The Kier molecular flexibility index (Phi) is 4.23. The molecule has 0 N–H and O–H groups in total. The average molecular weight is 268 g/mol. The van der Waals surface area contributed by atoms with Crippen LogP contribution in [-0.2, 0) is 4.79 Å². The van der Waals surface area contributed by atoms with Crippen LogP contribution in [0.2, 0.25) is 0 Å². The maximum Gasteiger partial charge on any atom is 0.310 e. The van der Waals surface area contributed by atoms with Gasteiger partial charge in [0.1, 0.15) is 5.75 Å². The molecule has 0 aliphatic carbocycles. The number of carbonyl (C=O) groups excluding carboxylic acids is 1. The molecule has 2 aromatic carbocycles. The van der Waals surface area contributed by atoms with Crippen LogP contribution in [0.1, 0.15) is 30.0 Å². The molecule has 0 saturated carbocycles. The molecule has 0 heterocycles. The largest absolute Gasteiger partial charge is 0.426 e. The molecule has 2 nitrogen and oxygen atoms in total. The number of ether oxygens (including phenoxy) is 1. The van der Waals surface area contributed by atoms with Gasteiger partial charge in [0, 0.05) is 6.42 Å². The van der Waals surface area contributed by atoms with Gasteiger partial charge in [0.2, 0.25) is 0 Å². The van der Waals surface area contributed by atoms with E-state index in [4.69, 9.17) is 4.74 Å². The fraction of sp³-hybridized carbons (Fsp3) is 0.278. The summed E-state index contributed by atoms with van der Waals surface area (Å²) in [6, 6.07) is 12.3. The van der Waals surface area contributed by atoms with Crippen molar-refractivity contribution < 1.29 is 9.53 Å². The van der Waals surface area contributed by atoms with Gasteiger partial charge in [-0.2, -0.15) is 0 Å². The molecule has 0 radical (unpaired) electrons. The number of hydrogen-bond donors (Lipinski definition) is 0. The zero-order chi connectivity index (χ0) is 14.7.